The number of ether oxygens (including phenoxy) is 1. The molecule has 1 saturated carbocycles. The van der Waals surface area contributed by atoms with Crippen molar-refractivity contribution >= 4 is 0 Å². The molecule has 0 aromatic carbocycles. The fourth-order valence-electron chi connectivity index (χ4n) is 2.41. The van der Waals surface area contributed by atoms with Gasteiger partial charge in [-0.1, -0.05) is 13.0 Å². The van der Waals surface area contributed by atoms with Gasteiger partial charge < -0.3 is 10.1 Å². The standard InChI is InChI=1S/C14H22N2O/c1-2-15-12-6-8-14(9-7-12)17-11-13-5-3-4-10-16-13/h3-5,10,12,14-15H,2,6-9,11H2,1H3. The molecule has 1 heterocycles. The number of aromatic nitrogens is 1. The van der Waals surface area contributed by atoms with Crippen molar-refractivity contribution in [1.29, 1.82) is 0 Å². The van der Waals surface area contributed by atoms with Crippen LogP contribution in [0.15, 0.2) is 24.4 Å². The summed E-state index contributed by atoms with van der Waals surface area (Å²) < 4.78 is 5.91. The Labute approximate surface area is 104 Å². The van der Waals surface area contributed by atoms with Gasteiger partial charge in [0.2, 0.25) is 0 Å². The summed E-state index contributed by atoms with van der Waals surface area (Å²) in [4.78, 5) is 4.27. The molecule has 2 rings (SSSR count). The average molecular weight is 234 g/mol. The van der Waals surface area contributed by atoms with Crippen molar-refractivity contribution in [3.8, 4) is 0 Å². The number of nitrogens with zero attached hydrogens (tertiary/aromatic N) is 1. The molecule has 0 radical (unpaired) electrons. The van der Waals surface area contributed by atoms with Gasteiger partial charge in [0.05, 0.1) is 18.4 Å². The van der Waals surface area contributed by atoms with Crippen LogP contribution >= 0.6 is 0 Å². The van der Waals surface area contributed by atoms with E-state index in [9.17, 15) is 0 Å². The summed E-state index contributed by atoms with van der Waals surface area (Å²) in [5.41, 5.74) is 1.03. The van der Waals surface area contributed by atoms with E-state index in [2.05, 4.69) is 17.2 Å². The first-order valence-corrected chi connectivity index (χ1v) is 6.63. The number of rotatable bonds is 5. The molecule has 3 nitrogen and oxygen atoms in total. The summed E-state index contributed by atoms with van der Waals surface area (Å²) in [6.07, 6.45) is 7.06. The van der Waals surface area contributed by atoms with Gasteiger partial charge in [0.15, 0.2) is 0 Å². The third-order valence-electron chi connectivity index (χ3n) is 3.36. The Balaban J connectivity index is 1.68. The van der Waals surface area contributed by atoms with Crippen molar-refractivity contribution < 1.29 is 4.74 Å². The highest BCUT2D eigenvalue weighted by atomic mass is 16.5. The van der Waals surface area contributed by atoms with E-state index >= 15 is 0 Å². The van der Waals surface area contributed by atoms with Crippen LogP contribution in [0, 0.1) is 0 Å². The van der Waals surface area contributed by atoms with E-state index in [1.807, 2.05) is 24.4 Å². The van der Waals surface area contributed by atoms with Crippen molar-refractivity contribution in [2.75, 3.05) is 6.54 Å². The van der Waals surface area contributed by atoms with Crippen LogP contribution in [0.5, 0.6) is 0 Å². The Morgan fingerprint density at radius 3 is 2.76 bits per heavy atom. The third kappa shape index (κ3) is 4.10. The van der Waals surface area contributed by atoms with Gasteiger partial charge in [0.1, 0.15) is 0 Å². The molecule has 0 amide bonds. The minimum Gasteiger partial charge on any atom is -0.372 e. The summed E-state index contributed by atoms with van der Waals surface area (Å²) in [6, 6.07) is 6.66. The van der Waals surface area contributed by atoms with Crippen LogP contribution in [-0.4, -0.2) is 23.7 Å². The first kappa shape index (κ1) is 12.5. The monoisotopic (exact) mass is 234 g/mol. The van der Waals surface area contributed by atoms with Gasteiger partial charge in [-0.25, -0.2) is 0 Å². The smallest absolute Gasteiger partial charge is 0.0891 e. The fourth-order valence-corrected chi connectivity index (χ4v) is 2.41. The van der Waals surface area contributed by atoms with Crippen molar-refractivity contribution in [2.24, 2.45) is 0 Å². The predicted octanol–water partition coefficient (Wildman–Crippen LogP) is 2.52. The van der Waals surface area contributed by atoms with Crippen molar-refractivity contribution in [3.63, 3.8) is 0 Å². The lowest BCUT2D eigenvalue weighted by Crippen LogP contribution is -2.35. The summed E-state index contributed by atoms with van der Waals surface area (Å²) >= 11 is 0. The Morgan fingerprint density at radius 2 is 2.12 bits per heavy atom. The van der Waals surface area contributed by atoms with E-state index in [-0.39, 0.29) is 0 Å². The molecule has 1 aromatic rings. The summed E-state index contributed by atoms with van der Waals surface area (Å²) in [5.74, 6) is 0. The van der Waals surface area contributed by atoms with E-state index in [4.69, 9.17) is 4.74 Å². The highest BCUT2D eigenvalue weighted by Crippen LogP contribution is 2.21. The van der Waals surface area contributed by atoms with Crippen LogP contribution in [0.1, 0.15) is 38.3 Å². The normalized spacial score (nSPS) is 24.8. The lowest BCUT2D eigenvalue weighted by molar-refractivity contribution is 0.00993. The quantitative estimate of drug-likeness (QED) is 0.850. The second-order valence-electron chi connectivity index (χ2n) is 4.66. The van der Waals surface area contributed by atoms with Crippen molar-refractivity contribution in [2.45, 2.75) is 51.4 Å². The van der Waals surface area contributed by atoms with Gasteiger partial charge in [0, 0.05) is 12.2 Å². The molecule has 17 heavy (non-hydrogen) atoms. The van der Waals surface area contributed by atoms with Gasteiger partial charge in [0.25, 0.3) is 0 Å². The van der Waals surface area contributed by atoms with Crippen LogP contribution in [0.25, 0.3) is 0 Å². The summed E-state index contributed by atoms with van der Waals surface area (Å²) in [6.45, 7) is 3.89. The molecule has 0 atom stereocenters. The minimum absolute atomic E-state index is 0.423. The Hall–Kier alpha value is -0.930. The van der Waals surface area contributed by atoms with E-state index in [1.54, 1.807) is 0 Å². The molecule has 0 bridgehead atoms. The summed E-state index contributed by atoms with van der Waals surface area (Å²) in [5, 5.41) is 3.51. The van der Waals surface area contributed by atoms with Crippen molar-refractivity contribution in [1.82, 2.24) is 10.3 Å². The number of nitrogens with one attached hydrogen (secondary N) is 1. The van der Waals surface area contributed by atoms with Gasteiger partial charge in [-0.05, 0) is 44.4 Å². The van der Waals surface area contributed by atoms with E-state index in [1.165, 1.54) is 25.7 Å². The predicted molar refractivity (Wildman–Crippen MR) is 68.7 cm³/mol. The second kappa shape index (κ2) is 6.72. The lowest BCUT2D eigenvalue weighted by Gasteiger charge is -2.28. The molecular weight excluding hydrogens is 212 g/mol. The second-order valence-corrected chi connectivity index (χ2v) is 4.66. The maximum Gasteiger partial charge on any atom is 0.0891 e. The van der Waals surface area contributed by atoms with Crippen LogP contribution in [0.2, 0.25) is 0 Å². The van der Waals surface area contributed by atoms with Gasteiger partial charge in [-0.15, -0.1) is 0 Å². The minimum atomic E-state index is 0.423. The van der Waals surface area contributed by atoms with Crippen LogP contribution < -0.4 is 5.32 Å². The molecule has 0 aliphatic heterocycles. The Bertz CT molecular complexity index is 307. The zero-order valence-electron chi connectivity index (χ0n) is 10.6. The maximum atomic E-state index is 5.91. The SMILES string of the molecule is CCNC1CCC(OCc2ccccn2)CC1. The fraction of sp³-hybridized carbons (Fsp3) is 0.643. The van der Waals surface area contributed by atoms with Gasteiger partial charge in [-0.3, -0.25) is 4.98 Å². The molecule has 1 fully saturated rings. The Kier molecular flexibility index (Phi) is 4.95. The third-order valence-corrected chi connectivity index (χ3v) is 3.36. The molecule has 3 heteroatoms. The molecule has 0 spiro atoms. The van der Waals surface area contributed by atoms with E-state index in [0.717, 1.165) is 12.2 Å². The highest BCUT2D eigenvalue weighted by Gasteiger charge is 2.20. The summed E-state index contributed by atoms with van der Waals surface area (Å²) in [7, 11) is 0. The maximum absolute atomic E-state index is 5.91. The van der Waals surface area contributed by atoms with Crippen LogP contribution in [0.4, 0.5) is 0 Å². The zero-order valence-corrected chi connectivity index (χ0v) is 10.6. The topological polar surface area (TPSA) is 34.1 Å². The molecule has 1 aliphatic carbocycles. The van der Waals surface area contributed by atoms with Gasteiger partial charge in [-0.2, -0.15) is 0 Å². The van der Waals surface area contributed by atoms with Gasteiger partial charge >= 0.3 is 0 Å². The van der Waals surface area contributed by atoms with Crippen LogP contribution in [0.3, 0.4) is 0 Å². The molecule has 94 valence electrons. The lowest BCUT2D eigenvalue weighted by atomic mass is 9.93. The first-order chi connectivity index (χ1) is 8.38. The number of hydrogen-bond acceptors (Lipinski definition) is 3. The molecule has 1 aliphatic rings. The average Bonchev–Trinajstić information content (AvgIpc) is 2.40. The molecule has 1 aromatic heterocycles. The van der Waals surface area contributed by atoms with E-state index < -0.39 is 0 Å². The molecule has 1 N–H and O–H groups in total. The highest BCUT2D eigenvalue weighted by molar-refractivity contribution is 5.02. The largest absolute Gasteiger partial charge is 0.372 e. The zero-order chi connectivity index (χ0) is 11.9. The number of pyridine rings is 1. The van der Waals surface area contributed by atoms with Crippen molar-refractivity contribution in [3.05, 3.63) is 30.1 Å². The number of hydrogen-bond donors (Lipinski definition) is 1. The molecule has 0 unspecified atom stereocenters. The first-order valence-electron chi connectivity index (χ1n) is 6.63. The molecule has 0 saturated heterocycles. The van der Waals surface area contributed by atoms with E-state index in [0.29, 0.717) is 18.8 Å². The Morgan fingerprint density at radius 1 is 1.29 bits per heavy atom. The van der Waals surface area contributed by atoms with Crippen LogP contribution in [-0.2, 0) is 11.3 Å². The molecular formula is C14H22N2O.